The molecule has 1 heterocycles. The molecule has 1 aromatic carbocycles. The summed E-state index contributed by atoms with van der Waals surface area (Å²) in [6, 6.07) is 7.24. The molecule has 1 aliphatic carbocycles. The highest BCUT2D eigenvalue weighted by Crippen LogP contribution is 2.24. The first-order valence-corrected chi connectivity index (χ1v) is 9.18. The maximum absolute atomic E-state index is 12.5. The zero-order chi connectivity index (χ0) is 17.8. The lowest BCUT2D eigenvalue weighted by Crippen LogP contribution is -2.44. The Morgan fingerprint density at radius 2 is 2.08 bits per heavy atom. The smallest absolute Gasteiger partial charge is 0.240 e. The second-order valence-electron chi connectivity index (χ2n) is 6.35. The van der Waals surface area contributed by atoms with E-state index in [9.17, 15) is 9.90 Å². The van der Waals surface area contributed by atoms with Crippen LogP contribution in [-0.4, -0.2) is 38.4 Å². The van der Waals surface area contributed by atoms with Gasteiger partial charge in [0.05, 0.1) is 0 Å². The molecule has 25 heavy (non-hydrogen) atoms. The Morgan fingerprint density at radius 1 is 1.36 bits per heavy atom. The predicted octanol–water partition coefficient (Wildman–Crippen LogP) is 2.93. The molecule has 2 aromatic rings. The fourth-order valence-corrected chi connectivity index (χ4v) is 3.62. The summed E-state index contributed by atoms with van der Waals surface area (Å²) in [6.07, 6.45) is 4.02. The topological polar surface area (TPSA) is 82.9 Å². The van der Waals surface area contributed by atoms with E-state index in [4.69, 9.17) is 23.8 Å². The molecule has 134 valence electrons. The number of aromatic nitrogens is 3. The maximum Gasteiger partial charge on any atom is 0.240 e. The zero-order valence-corrected chi connectivity index (χ0v) is 15.3. The minimum Gasteiger partial charge on any atom is -0.396 e. The molecule has 1 saturated carbocycles. The molecule has 0 unspecified atom stereocenters. The second kappa shape index (κ2) is 8.12. The van der Waals surface area contributed by atoms with E-state index in [2.05, 4.69) is 15.5 Å². The van der Waals surface area contributed by atoms with Crippen LogP contribution < -0.4 is 5.32 Å². The number of nitrogens with zero attached hydrogens (tertiary/aromatic N) is 2. The summed E-state index contributed by atoms with van der Waals surface area (Å²) < 4.78 is 2.06. The Morgan fingerprint density at radius 3 is 2.80 bits per heavy atom. The van der Waals surface area contributed by atoms with Gasteiger partial charge in [-0.05, 0) is 49.3 Å². The van der Waals surface area contributed by atoms with Crippen LogP contribution in [0.4, 0.5) is 0 Å². The second-order valence-corrected chi connectivity index (χ2v) is 7.17. The summed E-state index contributed by atoms with van der Waals surface area (Å²) in [6.45, 7) is 0.189. The van der Waals surface area contributed by atoms with E-state index in [1.165, 1.54) is 0 Å². The van der Waals surface area contributed by atoms with E-state index in [-0.39, 0.29) is 31.0 Å². The molecule has 0 radical (unpaired) electrons. The fourth-order valence-electron chi connectivity index (χ4n) is 3.30. The van der Waals surface area contributed by atoms with Crippen molar-refractivity contribution in [1.82, 2.24) is 20.1 Å². The Hall–Kier alpha value is -1.70. The highest BCUT2D eigenvalue weighted by Gasteiger charge is 2.26. The monoisotopic (exact) mass is 380 g/mol. The largest absolute Gasteiger partial charge is 0.396 e. The van der Waals surface area contributed by atoms with Crippen molar-refractivity contribution in [3.8, 4) is 11.4 Å². The number of nitrogens with one attached hydrogen (secondary N) is 2. The summed E-state index contributed by atoms with van der Waals surface area (Å²) >= 11 is 11.2. The van der Waals surface area contributed by atoms with Crippen LogP contribution in [0.5, 0.6) is 0 Å². The molecule has 2 atom stereocenters. The van der Waals surface area contributed by atoms with Crippen molar-refractivity contribution in [2.24, 2.45) is 5.92 Å². The molecule has 8 heteroatoms. The van der Waals surface area contributed by atoms with Gasteiger partial charge in [-0.25, -0.2) is 0 Å². The van der Waals surface area contributed by atoms with Crippen molar-refractivity contribution in [3.05, 3.63) is 34.1 Å². The quantitative estimate of drug-likeness (QED) is 0.696. The van der Waals surface area contributed by atoms with Crippen LogP contribution in [0.1, 0.15) is 25.7 Å². The van der Waals surface area contributed by atoms with E-state index >= 15 is 0 Å². The molecule has 1 fully saturated rings. The number of hydrogen-bond acceptors (Lipinski definition) is 4. The van der Waals surface area contributed by atoms with Crippen LogP contribution in [-0.2, 0) is 11.3 Å². The first-order chi connectivity index (χ1) is 12.1. The van der Waals surface area contributed by atoms with Crippen LogP contribution in [0, 0.1) is 10.7 Å². The maximum atomic E-state index is 12.5. The minimum absolute atomic E-state index is 0.0197. The fraction of sp³-hybridized carbons (Fsp3) is 0.471. The summed E-state index contributed by atoms with van der Waals surface area (Å²) in [5, 5.41) is 20.1. The lowest BCUT2D eigenvalue weighted by molar-refractivity contribution is -0.123. The highest BCUT2D eigenvalue weighted by atomic mass is 35.5. The van der Waals surface area contributed by atoms with Crippen molar-refractivity contribution < 1.29 is 9.90 Å². The van der Waals surface area contributed by atoms with Crippen LogP contribution in [0.3, 0.4) is 0 Å². The third-order valence-electron chi connectivity index (χ3n) is 4.65. The number of amides is 1. The number of halogens is 1. The van der Waals surface area contributed by atoms with E-state index < -0.39 is 0 Å². The Labute approximate surface area is 156 Å². The molecule has 1 amide bonds. The molecular weight excluding hydrogens is 360 g/mol. The average Bonchev–Trinajstić information content (AvgIpc) is 2.97. The number of aliphatic hydroxyl groups is 1. The van der Waals surface area contributed by atoms with Crippen LogP contribution in [0.25, 0.3) is 11.4 Å². The molecule has 3 rings (SSSR count). The summed E-state index contributed by atoms with van der Waals surface area (Å²) in [7, 11) is 0. The molecule has 0 spiro atoms. The zero-order valence-electron chi connectivity index (χ0n) is 13.7. The first-order valence-electron chi connectivity index (χ1n) is 8.40. The lowest BCUT2D eigenvalue weighted by atomic mass is 9.85. The summed E-state index contributed by atoms with van der Waals surface area (Å²) in [5.74, 6) is 0.600. The van der Waals surface area contributed by atoms with Crippen LogP contribution >= 0.6 is 23.8 Å². The van der Waals surface area contributed by atoms with Gasteiger partial charge in [0, 0.05) is 29.2 Å². The van der Waals surface area contributed by atoms with Crippen molar-refractivity contribution in [3.63, 3.8) is 0 Å². The van der Waals surface area contributed by atoms with Crippen molar-refractivity contribution in [2.75, 3.05) is 6.61 Å². The van der Waals surface area contributed by atoms with Gasteiger partial charge in [0.1, 0.15) is 6.54 Å². The molecule has 0 bridgehead atoms. The molecule has 1 aromatic heterocycles. The van der Waals surface area contributed by atoms with Crippen LogP contribution in [0.15, 0.2) is 24.3 Å². The van der Waals surface area contributed by atoms with E-state index in [1.807, 2.05) is 12.1 Å². The molecule has 0 saturated heterocycles. The number of aromatic amines is 1. The number of benzene rings is 1. The first kappa shape index (κ1) is 18.1. The highest BCUT2D eigenvalue weighted by molar-refractivity contribution is 7.71. The van der Waals surface area contributed by atoms with Gasteiger partial charge in [-0.15, -0.1) is 0 Å². The Kier molecular flexibility index (Phi) is 5.88. The number of hydrogen-bond donors (Lipinski definition) is 3. The number of carbonyl (C=O) groups is 1. The van der Waals surface area contributed by atoms with Crippen molar-refractivity contribution in [2.45, 2.75) is 38.3 Å². The van der Waals surface area contributed by atoms with Gasteiger partial charge in [-0.2, -0.15) is 5.10 Å². The van der Waals surface area contributed by atoms with E-state index in [0.717, 1.165) is 31.2 Å². The predicted molar refractivity (Wildman–Crippen MR) is 98.8 cm³/mol. The van der Waals surface area contributed by atoms with Crippen molar-refractivity contribution >= 4 is 29.7 Å². The molecular formula is C17H21ClN4O2S. The van der Waals surface area contributed by atoms with E-state index in [1.54, 1.807) is 16.7 Å². The summed E-state index contributed by atoms with van der Waals surface area (Å²) in [5.41, 5.74) is 0.829. The minimum atomic E-state index is -0.127. The number of carbonyl (C=O) groups excluding carboxylic acids is 1. The number of H-pyrrole nitrogens is 1. The summed E-state index contributed by atoms with van der Waals surface area (Å²) in [4.78, 5) is 12.5. The Balaban J connectivity index is 1.74. The molecule has 3 N–H and O–H groups in total. The molecule has 0 aliphatic heterocycles. The van der Waals surface area contributed by atoms with Crippen LogP contribution in [0.2, 0.25) is 5.02 Å². The molecule has 6 nitrogen and oxygen atoms in total. The average molecular weight is 381 g/mol. The van der Waals surface area contributed by atoms with E-state index in [0.29, 0.717) is 15.6 Å². The third-order valence-corrected chi connectivity index (χ3v) is 5.22. The van der Waals surface area contributed by atoms with Crippen molar-refractivity contribution in [1.29, 1.82) is 0 Å². The van der Waals surface area contributed by atoms with Gasteiger partial charge in [0.25, 0.3) is 0 Å². The standard InChI is InChI=1S/C17H21ClN4O2S/c18-13-7-5-11(6-8-13)16-20-21-17(25)22(16)9-15(24)19-14-4-2-1-3-12(14)10-23/h5-8,12,14,23H,1-4,9-10H2,(H,19,24)(H,21,25)/t12-,14+/m1/s1. The van der Waals surface area contributed by atoms with Gasteiger partial charge in [0.15, 0.2) is 10.6 Å². The van der Waals surface area contributed by atoms with Gasteiger partial charge < -0.3 is 10.4 Å². The van der Waals surface area contributed by atoms with Gasteiger partial charge in [-0.1, -0.05) is 24.4 Å². The Bertz CT molecular complexity index is 787. The van der Waals surface area contributed by atoms with Gasteiger partial charge in [0.2, 0.25) is 5.91 Å². The van der Waals surface area contributed by atoms with Gasteiger partial charge in [-0.3, -0.25) is 14.5 Å². The number of rotatable bonds is 5. The lowest BCUT2D eigenvalue weighted by Gasteiger charge is -2.30. The molecule has 1 aliphatic rings. The SMILES string of the molecule is O=C(Cn1c(-c2ccc(Cl)cc2)n[nH]c1=S)N[C@H]1CCCC[C@@H]1CO. The number of aliphatic hydroxyl groups excluding tert-OH is 1. The third kappa shape index (κ3) is 4.29. The normalized spacial score (nSPS) is 20.4. The van der Waals surface area contributed by atoms with Gasteiger partial charge >= 0.3 is 0 Å².